The SMILES string of the molecule is Oc1cc2c3cc(O)sc3c3sc(O)cc3c2s1. The van der Waals surface area contributed by atoms with Crippen LogP contribution in [-0.2, 0) is 0 Å². The van der Waals surface area contributed by atoms with Crippen LogP contribution in [0.15, 0.2) is 18.2 Å². The van der Waals surface area contributed by atoms with E-state index in [4.69, 9.17) is 0 Å². The van der Waals surface area contributed by atoms with E-state index in [1.54, 1.807) is 18.2 Å². The van der Waals surface area contributed by atoms with E-state index in [-0.39, 0.29) is 15.2 Å². The van der Waals surface area contributed by atoms with Gasteiger partial charge in [0.15, 0.2) is 15.2 Å². The second kappa shape index (κ2) is 3.28. The fourth-order valence-corrected chi connectivity index (χ4v) is 5.22. The van der Waals surface area contributed by atoms with Crippen molar-refractivity contribution in [1.29, 1.82) is 0 Å². The average molecular weight is 294 g/mol. The van der Waals surface area contributed by atoms with Crippen LogP contribution in [0.2, 0.25) is 0 Å². The zero-order valence-electron chi connectivity index (χ0n) is 8.80. The summed E-state index contributed by atoms with van der Waals surface area (Å²) in [6.07, 6.45) is 0. The Bertz CT molecular complexity index is 695. The second-order valence-corrected chi connectivity index (χ2v) is 7.07. The lowest BCUT2D eigenvalue weighted by Gasteiger charge is -1.95. The van der Waals surface area contributed by atoms with Gasteiger partial charge in [-0.1, -0.05) is 34.0 Å². The molecule has 0 aliphatic rings. The van der Waals surface area contributed by atoms with Crippen molar-refractivity contribution in [2.75, 3.05) is 0 Å². The van der Waals surface area contributed by atoms with Crippen molar-refractivity contribution in [1.82, 2.24) is 0 Å². The molecule has 0 aliphatic heterocycles. The minimum Gasteiger partial charge on any atom is -0.499 e. The maximum absolute atomic E-state index is 9.69. The van der Waals surface area contributed by atoms with Gasteiger partial charge in [-0.3, -0.25) is 0 Å². The zero-order valence-corrected chi connectivity index (χ0v) is 11.2. The van der Waals surface area contributed by atoms with Gasteiger partial charge in [-0.25, -0.2) is 0 Å². The minimum absolute atomic E-state index is 0.246. The summed E-state index contributed by atoms with van der Waals surface area (Å²) in [5.74, 6) is 0. The van der Waals surface area contributed by atoms with Crippen molar-refractivity contribution in [3.63, 3.8) is 0 Å². The molecule has 0 unspecified atom stereocenters. The molecule has 90 valence electrons. The summed E-state index contributed by atoms with van der Waals surface area (Å²) in [5, 5.41) is 32.6. The highest BCUT2D eigenvalue weighted by atomic mass is 32.1. The maximum Gasteiger partial charge on any atom is 0.172 e. The van der Waals surface area contributed by atoms with Crippen LogP contribution in [-0.4, -0.2) is 15.3 Å². The molecule has 3 aromatic heterocycles. The molecule has 0 fully saturated rings. The molecule has 0 amide bonds. The van der Waals surface area contributed by atoms with Crippen LogP contribution in [0.5, 0.6) is 15.2 Å². The lowest BCUT2D eigenvalue weighted by molar-refractivity contribution is 0.490. The molecule has 0 atom stereocenters. The van der Waals surface area contributed by atoms with Crippen LogP contribution in [0.1, 0.15) is 0 Å². The number of thiophene rings is 3. The molecule has 0 aliphatic carbocycles. The van der Waals surface area contributed by atoms with Gasteiger partial charge in [-0.2, -0.15) is 0 Å². The van der Waals surface area contributed by atoms with Gasteiger partial charge in [0, 0.05) is 39.1 Å². The third-order valence-corrected chi connectivity index (χ3v) is 5.91. The Morgan fingerprint density at radius 2 is 0.944 bits per heavy atom. The third-order valence-electron chi connectivity index (χ3n) is 2.90. The van der Waals surface area contributed by atoms with E-state index < -0.39 is 0 Å². The Balaban J connectivity index is 2.43. The highest BCUT2D eigenvalue weighted by Gasteiger charge is 2.16. The zero-order chi connectivity index (χ0) is 12.4. The maximum atomic E-state index is 9.69. The molecular formula is C12H6O3S3. The summed E-state index contributed by atoms with van der Waals surface area (Å²) >= 11 is 3.89. The molecular weight excluding hydrogens is 288 g/mol. The number of hydrogen-bond donors (Lipinski definition) is 3. The first-order chi connectivity index (χ1) is 8.63. The van der Waals surface area contributed by atoms with Gasteiger partial charge in [0.25, 0.3) is 0 Å². The van der Waals surface area contributed by atoms with Crippen molar-refractivity contribution in [2.24, 2.45) is 0 Å². The van der Waals surface area contributed by atoms with E-state index in [0.717, 1.165) is 30.3 Å². The first kappa shape index (κ1) is 10.4. The minimum atomic E-state index is 0.246. The Morgan fingerprint density at radius 1 is 0.556 bits per heavy atom. The fourth-order valence-electron chi connectivity index (χ4n) is 2.24. The summed E-state index contributed by atoms with van der Waals surface area (Å²) in [4.78, 5) is 0. The van der Waals surface area contributed by atoms with E-state index in [2.05, 4.69) is 0 Å². The predicted molar refractivity (Wildman–Crippen MR) is 77.6 cm³/mol. The Labute approximate surface area is 113 Å². The molecule has 0 radical (unpaired) electrons. The van der Waals surface area contributed by atoms with Gasteiger partial charge >= 0.3 is 0 Å². The largest absolute Gasteiger partial charge is 0.499 e. The molecule has 0 saturated heterocycles. The van der Waals surface area contributed by atoms with Crippen molar-refractivity contribution in [3.8, 4) is 15.2 Å². The van der Waals surface area contributed by atoms with Gasteiger partial charge in [0.05, 0.1) is 9.40 Å². The quantitative estimate of drug-likeness (QED) is 0.449. The first-order valence-corrected chi connectivity index (χ1v) is 7.58. The van der Waals surface area contributed by atoms with Crippen LogP contribution in [0.25, 0.3) is 30.3 Å². The van der Waals surface area contributed by atoms with Crippen molar-refractivity contribution in [2.45, 2.75) is 0 Å². The summed E-state index contributed by atoms with van der Waals surface area (Å²) in [5.41, 5.74) is 0. The summed E-state index contributed by atoms with van der Waals surface area (Å²) in [6, 6.07) is 5.14. The number of rotatable bonds is 0. The van der Waals surface area contributed by atoms with Gasteiger partial charge < -0.3 is 15.3 Å². The molecule has 3 N–H and O–H groups in total. The molecule has 1 aromatic carbocycles. The van der Waals surface area contributed by atoms with Gasteiger partial charge in [-0.15, -0.1) is 0 Å². The van der Waals surface area contributed by atoms with Crippen LogP contribution >= 0.6 is 34.0 Å². The molecule has 0 saturated carbocycles. The van der Waals surface area contributed by atoms with E-state index >= 15 is 0 Å². The van der Waals surface area contributed by atoms with Crippen molar-refractivity contribution in [3.05, 3.63) is 18.2 Å². The van der Waals surface area contributed by atoms with E-state index in [9.17, 15) is 15.3 Å². The number of benzene rings is 1. The van der Waals surface area contributed by atoms with Crippen LogP contribution in [0.3, 0.4) is 0 Å². The summed E-state index contributed by atoms with van der Waals surface area (Å²) < 4.78 is 2.87. The van der Waals surface area contributed by atoms with Gasteiger partial charge in [0.2, 0.25) is 0 Å². The van der Waals surface area contributed by atoms with Crippen LogP contribution < -0.4 is 0 Å². The lowest BCUT2D eigenvalue weighted by atomic mass is 10.1. The lowest BCUT2D eigenvalue weighted by Crippen LogP contribution is -1.67. The highest BCUT2D eigenvalue weighted by molar-refractivity contribution is 7.30. The standard InChI is InChI=1S/C12H6O3S3/c13-7-1-4-5-2-8(14)17-11(5)12-6(10(4)16-7)3-9(15)18-12/h1-3,13-15H. The topological polar surface area (TPSA) is 60.7 Å². The highest BCUT2D eigenvalue weighted by Crippen LogP contribution is 2.49. The molecule has 3 nitrogen and oxygen atoms in total. The predicted octanol–water partition coefficient (Wildman–Crippen LogP) is 4.45. The van der Waals surface area contributed by atoms with E-state index in [1.807, 2.05) is 0 Å². The molecule has 18 heavy (non-hydrogen) atoms. The van der Waals surface area contributed by atoms with Crippen LogP contribution in [0.4, 0.5) is 0 Å². The fraction of sp³-hybridized carbons (Fsp3) is 0. The Kier molecular flexibility index (Phi) is 1.90. The smallest absolute Gasteiger partial charge is 0.172 e. The average Bonchev–Trinajstić information content (AvgIpc) is 2.93. The molecule has 0 spiro atoms. The molecule has 0 bridgehead atoms. The molecule has 4 rings (SSSR count). The van der Waals surface area contributed by atoms with Crippen molar-refractivity contribution >= 4 is 64.3 Å². The Morgan fingerprint density at radius 3 is 1.56 bits per heavy atom. The number of hydrogen-bond acceptors (Lipinski definition) is 6. The number of aromatic hydroxyl groups is 3. The second-order valence-electron chi connectivity index (χ2n) is 3.98. The summed E-state index contributed by atoms with van der Waals surface area (Å²) in [6.45, 7) is 0. The van der Waals surface area contributed by atoms with Crippen molar-refractivity contribution < 1.29 is 15.3 Å². The first-order valence-electron chi connectivity index (χ1n) is 5.13. The van der Waals surface area contributed by atoms with E-state index in [0.29, 0.717) is 0 Å². The Hall–Kier alpha value is -1.50. The van der Waals surface area contributed by atoms with Crippen LogP contribution in [0, 0.1) is 0 Å². The molecule has 6 heteroatoms. The molecule has 4 aromatic rings. The molecule has 3 heterocycles. The summed E-state index contributed by atoms with van der Waals surface area (Å²) in [7, 11) is 0. The number of fused-ring (bicyclic) bond motifs is 6. The van der Waals surface area contributed by atoms with Gasteiger partial charge in [0.1, 0.15) is 0 Å². The monoisotopic (exact) mass is 294 g/mol. The van der Waals surface area contributed by atoms with E-state index in [1.165, 1.54) is 34.0 Å². The third kappa shape index (κ3) is 1.22. The normalized spacial score (nSPS) is 12.0. The van der Waals surface area contributed by atoms with Gasteiger partial charge in [-0.05, 0) is 0 Å².